The van der Waals surface area contributed by atoms with Crippen molar-refractivity contribution in [1.82, 2.24) is 4.90 Å². The first kappa shape index (κ1) is 11.8. The Morgan fingerprint density at radius 3 is 2.17 bits per heavy atom. The number of fused-ring (bicyclic) bond motifs is 5. The van der Waals surface area contributed by atoms with Crippen molar-refractivity contribution in [3.63, 3.8) is 0 Å². The van der Waals surface area contributed by atoms with Crippen LogP contribution in [0, 0.1) is 23.7 Å². The van der Waals surface area contributed by atoms with Crippen LogP contribution in [0.3, 0.4) is 0 Å². The van der Waals surface area contributed by atoms with Gasteiger partial charge in [-0.1, -0.05) is 12.2 Å². The summed E-state index contributed by atoms with van der Waals surface area (Å²) >= 11 is 0. The third kappa shape index (κ3) is 1.44. The molecule has 4 atom stereocenters. The van der Waals surface area contributed by atoms with Crippen LogP contribution in [0.15, 0.2) is 12.2 Å². The number of allylic oxidation sites excluding steroid dienone is 2. The zero-order chi connectivity index (χ0) is 13.1. The second-order valence-corrected chi connectivity index (χ2v) is 5.32. The summed E-state index contributed by atoms with van der Waals surface area (Å²) in [5, 5.41) is 0. The van der Waals surface area contributed by atoms with Crippen molar-refractivity contribution < 1.29 is 18.4 Å². The highest BCUT2D eigenvalue weighted by Crippen LogP contribution is 2.52. The van der Waals surface area contributed by atoms with E-state index in [1.54, 1.807) is 0 Å². The largest absolute Gasteiger partial charge is 0.325 e. The SMILES string of the molecule is NCC(F)(F)CN1C(=O)C2C3C=CC(C3)C2C1=O. The summed E-state index contributed by atoms with van der Waals surface area (Å²) in [5.41, 5.74) is 4.95. The first-order chi connectivity index (χ1) is 8.44. The van der Waals surface area contributed by atoms with Gasteiger partial charge < -0.3 is 5.73 Å². The van der Waals surface area contributed by atoms with Crippen LogP contribution in [0.25, 0.3) is 0 Å². The van der Waals surface area contributed by atoms with Gasteiger partial charge in [-0.15, -0.1) is 0 Å². The summed E-state index contributed by atoms with van der Waals surface area (Å²) in [6.45, 7) is -1.74. The van der Waals surface area contributed by atoms with Gasteiger partial charge in [0.1, 0.15) is 0 Å². The van der Waals surface area contributed by atoms with Gasteiger partial charge in [0.25, 0.3) is 5.92 Å². The molecule has 1 aliphatic heterocycles. The summed E-state index contributed by atoms with van der Waals surface area (Å²) in [7, 11) is 0. The Hall–Kier alpha value is -1.30. The lowest BCUT2D eigenvalue weighted by molar-refractivity contribution is -0.146. The third-order valence-electron chi connectivity index (χ3n) is 4.25. The summed E-state index contributed by atoms with van der Waals surface area (Å²) in [6, 6.07) is 0. The molecule has 4 unspecified atom stereocenters. The Bertz CT molecular complexity index is 419. The summed E-state index contributed by atoms with van der Waals surface area (Å²) in [6.07, 6.45) is 4.66. The molecule has 0 aromatic carbocycles. The van der Waals surface area contributed by atoms with Crippen LogP contribution in [0.1, 0.15) is 6.42 Å². The van der Waals surface area contributed by atoms with Gasteiger partial charge in [-0.05, 0) is 18.3 Å². The van der Waals surface area contributed by atoms with E-state index < -0.39 is 42.7 Å². The topological polar surface area (TPSA) is 63.4 Å². The molecule has 2 fully saturated rings. The van der Waals surface area contributed by atoms with Gasteiger partial charge >= 0.3 is 0 Å². The van der Waals surface area contributed by atoms with Crippen LogP contribution in [-0.4, -0.2) is 35.7 Å². The lowest BCUT2D eigenvalue weighted by Gasteiger charge is -2.22. The highest BCUT2D eigenvalue weighted by Gasteiger charge is 2.60. The highest BCUT2D eigenvalue weighted by atomic mass is 19.3. The van der Waals surface area contributed by atoms with Gasteiger partial charge in [-0.25, -0.2) is 8.78 Å². The van der Waals surface area contributed by atoms with Gasteiger partial charge in [-0.2, -0.15) is 0 Å². The van der Waals surface area contributed by atoms with Crippen molar-refractivity contribution in [2.75, 3.05) is 13.1 Å². The number of hydrogen-bond donors (Lipinski definition) is 1. The van der Waals surface area contributed by atoms with Crippen LogP contribution in [0.4, 0.5) is 8.78 Å². The fraction of sp³-hybridized carbons (Fsp3) is 0.667. The Morgan fingerprint density at radius 2 is 1.72 bits per heavy atom. The molecule has 1 heterocycles. The number of amides is 2. The highest BCUT2D eigenvalue weighted by molar-refractivity contribution is 6.06. The van der Waals surface area contributed by atoms with Gasteiger partial charge in [-0.3, -0.25) is 14.5 Å². The van der Waals surface area contributed by atoms with Crippen LogP contribution in [-0.2, 0) is 9.59 Å². The number of carbonyl (C=O) groups excluding carboxylic acids is 2. The number of nitrogens with two attached hydrogens (primary N) is 1. The van der Waals surface area contributed by atoms with E-state index in [1.165, 1.54) is 0 Å². The first-order valence-corrected chi connectivity index (χ1v) is 6.06. The lowest BCUT2D eigenvalue weighted by atomic mass is 9.85. The molecule has 3 rings (SSSR count). The molecular weight excluding hydrogens is 242 g/mol. The average Bonchev–Trinajstić information content (AvgIpc) is 2.99. The maximum absolute atomic E-state index is 13.3. The number of hydrogen-bond acceptors (Lipinski definition) is 3. The van der Waals surface area contributed by atoms with Crippen molar-refractivity contribution in [1.29, 1.82) is 0 Å². The zero-order valence-electron chi connectivity index (χ0n) is 9.68. The number of nitrogens with zero attached hydrogens (tertiary/aromatic N) is 1. The number of halogens is 2. The van der Waals surface area contributed by atoms with E-state index in [0.717, 1.165) is 6.42 Å². The quantitative estimate of drug-likeness (QED) is 0.587. The molecule has 6 heteroatoms. The van der Waals surface area contributed by atoms with E-state index in [1.807, 2.05) is 12.2 Å². The molecule has 2 amide bonds. The Balaban J connectivity index is 1.84. The van der Waals surface area contributed by atoms with Gasteiger partial charge in [0, 0.05) is 0 Å². The molecule has 0 radical (unpaired) electrons. The summed E-state index contributed by atoms with van der Waals surface area (Å²) in [5.74, 6) is -4.83. The maximum atomic E-state index is 13.3. The summed E-state index contributed by atoms with van der Waals surface area (Å²) in [4.78, 5) is 24.9. The standard InChI is InChI=1S/C12H14F2N2O2/c13-12(14,4-15)5-16-10(17)8-6-1-2-7(3-6)9(8)11(16)18/h1-2,6-9H,3-5,15H2. The fourth-order valence-electron chi connectivity index (χ4n) is 3.42. The van der Waals surface area contributed by atoms with E-state index in [9.17, 15) is 18.4 Å². The molecule has 0 aromatic rings. The summed E-state index contributed by atoms with van der Waals surface area (Å²) < 4.78 is 26.5. The van der Waals surface area contributed by atoms with Crippen LogP contribution in [0.5, 0.6) is 0 Å². The lowest BCUT2D eigenvalue weighted by Crippen LogP contribution is -2.45. The molecule has 1 saturated carbocycles. The second kappa shape index (κ2) is 3.60. The van der Waals surface area contributed by atoms with E-state index in [2.05, 4.69) is 0 Å². The minimum atomic E-state index is -3.20. The second-order valence-electron chi connectivity index (χ2n) is 5.32. The van der Waals surface area contributed by atoms with E-state index in [-0.39, 0.29) is 11.8 Å². The van der Waals surface area contributed by atoms with Gasteiger partial charge in [0.05, 0.1) is 24.9 Å². The molecule has 3 aliphatic rings. The van der Waals surface area contributed by atoms with E-state index >= 15 is 0 Å². The molecule has 4 nitrogen and oxygen atoms in total. The molecule has 2 aliphatic carbocycles. The van der Waals surface area contributed by atoms with Crippen molar-refractivity contribution in [3.8, 4) is 0 Å². The molecule has 0 spiro atoms. The van der Waals surface area contributed by atoms with Crippen molar-refractivity contribution in [2.45, 2.75) is 12.3 Å². The van der Waals surface area contributed by atoms with Crippen molar-refractivity contribution in [2.24, 2.45) is 29.4 Å². The predicted octanol–water partition coefficient (Wildman–Crippen LogP) is 0.387. The molecule has 18 heavy (non-hydrogen) atoms. The Morgan fingerprint density at radius 1 is 1.22 bits per heavy atom. The zero-order valence-corrected chi connectivity index (χ0v) is 9.68. The fourth-order valence-corrected chi connectivity index (χ4v) is 3.42. The smallest absolute Gasteiger partial charge is 0.277 e. The number of alkyl halides is 2. The minimum Gasteiger partial charge on any atom is -0.325 e. The number of likely N-dealkylation sites (tertiary alicyclic amines) is 1. The third-order valence-corrected chi connectivity index (χ3v) is 4.25. The molecule has 98 valence electrons. The van der Waals surface area contributed by atoms with Gasteiger partial charge in [0.15, 0.2) is 0 Å². The van der Waals surface area contributed by atoms with Gasteiger partial charge in [0.2, 0.25) is 11.8 Å². The average molecular weight is 256 g/mol. The maximum Gasteiger partial charge on any atom is 0.277 e. The monoisotopic (exact) mass is 256 g/mol. The Labute approximate surface area is 103 Å². The molecule has 0 aromatic heterocycles. The number of rotatable bonds is 3. The molecular formula is C12H14F2N2O2. The first-order valence-electron chi connectivity index (χ1n) is 6.06. The number of imide groups is 1. The van der Waals surface area contributed by atoms with Crippen molar-refractivity contribution >= 4 is 11.8 Å². The molecule has 2 bridgehead atoms. The molecule has 1 saturated heterocycles. The van der Waals surface area contributed by atoms with Crippen molar-refractivity contribution in [3.05, 3.63) is 12.2 Å². The number of carbonyl (C=O) groups is 2. The Kier molecular flexibility index (Phi) is 2.35. The van der Waals surface area contributed by atoms with E-state index in [0.29, 0.717) is 4.90 Å². The molecule has 2 N–H and O–H groups in total. The van der Waals surface area contributed by atoms with Crippen LogP contribution >= 0.6 is 0 Å². The minimum absolute atomic E-state index is 0.0490. The predicted molar refractivity (Wildman–Crippen MR) is 58.4 cm³/mol. The van der Waals surface area contributed by atoms with Crippen LogP contribution in [0.2, 0.25) is 0 Å². The van der Waals surface area contributed by atoms with E-state index in [4.69, 9.17) is 5.73 Å². The normalized spacial score (nSPS) is 37.8. The van der Waals surface area contributed by atoms with Crippen LogP contribution < -0.4 is 5.73 Å².